The van der Waals surface area contributed by atoms with Crippen molar-refractivity contribution in [2.75, 3.05) is 0 Å². The lowest BCUT2D eigenvalue weighted by atomic mass is 10.2. The van der Waals surface area contributed by atoms with Crippen molar-refractivity contribution in [1.82, 2.24) is 40.0 Å². The zero-order valence-corrected chi connectivity index (χ0v) is 15.6. The van der Waals surface area contributed by atoms with Gasteiger partial charge >= 0.3 is 0 Å². The molecule has 0 spiro atoms. The fourth-order valence-corrected chi connectivity index (χ4v) is 3.10. The van der Waals surface area contributed by atoms with Crippen LogP contribution in [0, 0.1) is 0 Å². The van der Waals surface area contributed by atoms with Crippen LogP contribution in [0.2, 0.25) is 5.28 Å². The fourth-order valence-electron chi connectivity index (χ4n) is 2.91. The molecule has 0 saturated carbocycles. The molecule has 0 saturated heterocycles. The van der Waals surface area contributed by atoms with Crippen LogP contribution in [0.5, 0.6) is 0 Å². The van der Waals surface area contributed by atoms with Gasteiger partial charge < -0.3 is 4.57 Å². The van der Waals surface area contributed by atoms with Crippen molar-refractivity contribution in [2.45, 2.75) is 32.7 Å². The van der Waals surface area contributed by atoms with E-state index in [0.717, 1.165) is 41.9 Å². The number of aryl methyl sites for hydroxylation is 1. The third kappa shape index (κ3) is 3.90. The molecule has 0 aliphatic heterocycles. The minimum Gasteiger partial charge on any atom is -0.323 e. The number of H-pyrrole nitrogens is 1. The van der Waals surface area contributed by atoms with Crippen molar-refractivity contribution < 1.29 is 0 Å². The van der Waals surface area contributed by atoms with Gasteiger partial charge in [-0.15, -0.1) is 15.3 Å². The van der Waals surface area contributed by atoms with Crippen molar-refractivity contribution in [2.24, 2.45) is 0 Å². The van der Waals surface area contributed by atoms with Gasteiger partial charge in [0.05, 0.1) is 6.54 Å². The highest BCUT2D eigenvalue weighted by Gasteiger charge is 2.09. The van der Waals surface area contributed by atoms with Crippen LogP contribution in [0.4, 0.5) is 0 Å². The SMILES string of the molecule is CCCCc1nc(Cl)nn1Cc1ccc(-n2ccc(-c3nn[nH]n3)c2)cc1. The molecule has 1 aromatic carbocycles. The number of nitrogens with one attached hydrogen (secondary N) is 1. The smallest absolute Gasteiger partial charge is 0.242 e. The van der Waals surface area contributed by atoms with E-state index in [4.69, 9.17) is 11.6 Å². The molecule has 4 aromatic rings. The lowest BCUT2D eigenvalue weighted by Crippen LogP contribution is -2.07. The summed E-state index contributed by atoms with van der Waals surface area (Å²) in [5.74, 6) is 1.51. The van der Waals surface area contributed by atoms with Gasteiger partial charge in [0.2, 0.25) is 11.1 Å². The van der Waals surface area contributed by atoms with Crippen LogP contribution in [0.15, 0.2) is 42.7 Å². The first kappa shape index (κ1) is 17.4. The van der Waals surface area contributed by atoms with E-state index in [-0.39, 0.29) is 0 Å². The van der Waals surface area contributed by atoms with Gasteiger partial charge in [-0.1, -0.05) is 25.5 Å². The topological polar surface area (TPSA) is 90.1 Å². The molecule has 3 aromatic heterocycles. The minimum atomic E-state index is 0.305. The van der Waals surface area contributed by atoms with E-state index in [9.17, 15) is 0 Å². The molecule has 3 heterocycles. The maximum Gasteiger partial charge on any atom is 0.242 e. The maximum atomic E-state index is 6.00. The molecule has 9 heteroatoms. The molecular formula is C18H19ClN8. The average Bonchev–Trinajstić information content (AvgIpc) is 3.41. The summed E-state index contributed by atoms with van der Waals surface area (Å²) in [6, 6.07) is 10.3. The molecule has 27 heavy (non-hydrogen) atoms. The normalized spacial score (nSPS) is 11.2. The van der Waals surface area contributed by atoms with Gasteiger partial charge in [-0.2, -0.15) is 5.21 Å². The second-order valence-electron chi connectivity index (χ2n) is 6.27. The number of tetrazole rings is 1. The molecule has 0 bridgehead atoms. The summed E-state index contributed by atoms with van der Waals surface area (Å²) in [6.45, 7) is 2.81. The van der Waals surface area contributed by atoms with E-state index < -0.39 is 0 Å². The molecule has 0 fully saturated rings. The lowest BCUT2D eigenvalue weighted by Gasteiger charge is -2.08. The largest absolute Gasteiger partial charge is 0.323 e. The Balaban J connectivity index is 1.50. The number of aromatic amines is 1. The first-order chi connectivity index (χ1) is 13.2. The summed E-state index contributed by atoms with van der Waals surface area (Å²) in [4.78, 5) is 4.33. The lowest BCUT2D eigenvalue weighted by molar-refractivity contribution is 0.618. The standard InChI is InChI=1S/C18H19ClN8/c1-2-3-4-16-20-18(19)23-27(16)11-13-5-7-15(8-6-13)26-10-9-14(12-26)17-21-24-25-22-17/h5-10,12H,2-4,11H2,1H3,(H,21,22,24,25). The van der Waals surface area contributed by atoms with E-state index in [2.05, 4.69) is 61.9 Å². The van der Waals surface area contributed by atoms with Gasteiger partial charge in [-0.05, 0) is 47.0 Å². The second kappa shape index (κ2) is 7.71. The Morgan fingerprint density at radius 1 is 1.15 bits per heavy atom. The quantitative estimate of drug-likeness (QED) is 0.529. The molecule has 8 nitrogen and oxygen atoms in total. The molecule has 4 rings (SSSR count). The Bertz CT molecular complexity index is 1000. The van der Waals surface area contributed by atoms with Crippen LogP contribution in [0.3, 0.4) is 0 Å². The third-order valence-electron chi connectivity index (χ3n) is 4.34. The predicted molar refractivity (Wildman–Crippen MR) is 102 cm³/mol. The number of nitrogens with zero attached hydrogens (tertiary/aromatic N) is 7. The Morgan fingerprint density at radius 3 is 2.74 bits per heavy atom. The minimum absolute atomic E-state index is 0.305. The van der Waals surface area contributed by atoms with Crippen molar-refractivity contribution in [3.63, 3.8) is 0 Å². The van der Waals surface area contributed by atoms with E-state index in [1.807, 2.05) is 27.7 Å². The fraction of sp³-hybridized carbons (Fsp3) is 0.278. The Labute approximate surface area is 161 Å². The van der Waals surface area contributed by atoms with Crippen LogP contribution >= 0.6 is 11.6 Å². The van der Waals surface area contributed by atoms with Crippen molar-refractivity contribution in [3.8, 4) is 17.1 Å². The molecular weight excluding hydrogens is 364 g/mol. The van der Waals surface area contributed by atoms with Crippen molar-refractivity contribution >= 4 is 11.6 Å². The summed E-state index contributed by atoms with van der Waals surface area (Å²) >= 11 is 6.00. The number of rotatable bonds is 7. The van der Waals surface area contributed by atoms with E-state index in [1.54, 1.807) is 0 Å². The Morgan fingerprint density at radius 2 is 2.00 bits per heavy atom. The van der Waals surface area contributed by atoms with Gasteiger partial charge in [-0.3, -0.25) is 0 Å². The molecule has 0 atom stereocenters. The van der Waals surface area contributed by atoms with E-state index >= 15 is 0 Å². The molecule has 138 valence electrons. The molecule has 0 radical (unpaired) electrons. The molecule has 1 N–H and O–H groups in total. The van der Waals surface area contributed by atoms with Gasteiger partial charge in [0.25, 0.3) is 0 Å². The number of halogens is 1. The van der Waals surface area contributed by atoms with Gasteiger partial charge in [0, 0.05) is 30.1 Å². The number of aromatic nitrogens is 8. The molecule has 0 aliphatic carbocycles. The van der Waals surface area contributed by atoms with E-state index in [0.29, 0.717) is 17.7 Å². The molecule has 0 amide bonds. The third-order valence-corrected chi connectivity index (χ3v) is 4.50. The van der Waals surface area contributed by atoms with Crippen molar-refractivity contribution in [3.05, 3.63) is 59.4 Å². The zero-order valence-electron chi connectivity index (χ0n) is 14.9. The second-order valence-corrected chi connectivity index (χ2v) is 6.61. The number of unbranched alkanes of at least 4 members (excludes halogenated alkanes) is 1. The highest BCUT2D eigenvalue weighted by atomic mass is 35.5. The monoisotopic (exact) mass is 382 g/mol. The maximum absolute atomic E-state index is 6.00. The summed E-state index contributed by atoms with van der Waals surface area (Å²) in [6.07, 6.45) is 7.02. The summed E-state index contributed by atoms with van der Waals surface area (Å²) in [5, 5.41) is 18.7. The van der Waals surface area contributed by atoms with E-state index in [1.165, 1.54) is 0 Å². The summed E-state index contributed by atoms with van der Waals surface area (Å²) in [5.41, 5.74) is 3.10. The van der Waals surface area contributed by atoms with Crippen LogP contribution in [0.25, 0.3) is 17.1 Å². The zero-order chi connectivity index (χ0) is 18.6. The summed E-state index contributed by atoms with van der Waals surface area (Å²) in [7, 11) is 0. The number of benzene rings is 1. The average molecular weight is 383 g/mol. The van der Waals surface area contributed by atoms with Gasteiger partial charge in [0.1, 0.15) is 5.82 Å². The van der Waals surface area contributed by atoms with Gasteiger partial charge in [-0.25, -0.2) is 9.67 Å². The highest BCUT2D eigenvalue weighted by Crippen LogP contribution is 2.18. The Kier molecular flexibility index (Phi) is 4.97. The first-order valence-corrected chi connectivity index (χ1v) is 9.21. The summed E-state index contributed by atoms with van der Waals surface area (Å²) < 4.78 is 3.91. The number of hydrogen-bond donors (Lipinski definition) is 1. The Hall–Kier alpha value is -3.00. The molecule has 0 unspecified atom stereocenters. The highest BCUT2D eigenvalue weighted by molar-refractivity contribution is 6.28. The van der Waals surface area contributed by atoms with Crippen LogP contribution < -0.4 is 0 Å². The molecule has 0 aliphatic rings. The van der Waals surface area contributed by atoms with Crippen LogP contribution in [-0.2, 0) is 13.0 Å². The first-order valence-electron chi connectivity index (χ1n) is 8.83. The predicted octanol–water partition coefficient (Wildman–Crippen LogP) is 3.29. The van der Waals surface area contributed by atoms with Gasteiger partial charge in [0.15, 0.2) is 0 Å². The van der Waals surface area contributed by atoms with Crippen molar-refractivity contribution in [1.29, 1.82) is 0 Å². The van der Waals surface area contributed by atoms with Crippen LogP contribution in [-0.4, -0.2) is 40.0 Å². The number of hydrogen-bond acceptors (Lipinski definition) is 5. The van der Waals surface area contributed by atoms with Crippen LogP contribution in [0.1, 0.15) is 31.2 Å².